The van der Waals surface area contributed by atoms with E-state index >= 15 is 0 Å². The number of fused-ring (bicyclic) bond motifs is 1. The first-order chi connectivity index (χ1) is 10.1. The molecule has 1 fully saturated rings. The molecule has 1 aliphatic heterocycles. The van der Waals surface area contributed by atoms with Crippen LogP contribution in [0.5, 0.6) is 0 Å². The SMILES string of the molecule is O=C(C[C@H]1NCCC[C@@H]1O)Cn1cnc2ncc(Br)cc21. The molecule has 3 rings (SSSR count). The summed E-state index contributed by atoms with van der Waals surface area (Å²) in [5.41, 5.74) is 1.46. The highest BCUT2D eigenvalue weighted by molar-refractivity contribution is 9.10. The van der Waals surface area contributed by atoms with E-state index in [2.05, 4.69) is 31.2 Å². The van der Waals surface area contributed by atoms with Crippen LogP contribution in [0.15, 0.2) is 23.1 Å². The number of aliphatic hydroxyl groups is 1. The van der Waals surface area contributed by atoms with Gasteiger partial charge in [0.25, 0.3) is 0 Å². The van der Waals surface area contributed by atoms with E-state index in [0.717, 1.165) is 29.4 Å². The first-order valence-corrected chi connectivity index (χ1v) is 7.82. The minimum absolute atomic E-state index is 0.0766. The van der Waals surface area contributed by atoms with Crippen LogP contribution in [-0.4, -0.2) is 44.1 Å². The number of Topliss-reactive ketones (excluding diaryl/α,β-unsaturated/α-hetero) is 1. The van der Waals surface area contributed by atoms with Crippen LogP contribution in [0.2, 0.25) is 0 Å². The maximum absolute atomic E-state index is 12.2. The molecule has 0 saturated carbocycles. The average molecular weight is 353 g/mol. The predicted octanol–water partition coefficient (Wildman–Crippen LogP) is 1.27. The van der Waals surface area contributed by atoms with Crippen molar-refractivity contribution in [2.45, 2.75) is 38.0 Å². The van der Waals surface area contributed by atoms with Crippen LogP contribution in [0.4, 0.5) is 0 Å². The van der Waals surface area contributed by atoms with Crippen LogP contribution >= 0.6 is 15.9 Å². The van der Waals surface area contributed by atoms with Crippen LogP contribution < -0.4 is 5.32 Å². The number of rotatable bonds is 4. The summed E-state index contributed by atoms with van der Waals surface area (Å²) in [5.74, 6) is 0.0766. The van der Waals surface area contributed by atoms with E-state index in [1.165, 1.54) is 0 Å². The Balaban J connectivity index is 1.70. The Kier molecular flexibility index (Phi) is 4.32. The van der Waals surface area contributed by atoms with E-state index < -0.39 is 6.10 Å². The minimum Gasteiger partial charge on any atom is -0.391 e. The molecule has 3 heterocycles. The van der Waals surface area contributed by atoms with Crippen molar-refractivity contribution >= 4 is 32.9 Å². The summed E-state index contributed by atoms with van der Waals surface area (Å²) in [6, 6.07) is 1.77. The van der Waals surface area contributed by atoms with Gasteiger partial charge in [0.05, 0.1) is 24.5 Å². The topological polar surface area (TPSA) is 80.0 Å². The third-order valence-corrected chi connectivity index (χ3v) is 4.22. The van der Waals surface area contributed by atoms with E-state index in [1.54, 1.807) is 17.1 Å². The third-order valence-electron chi connectivity index (χ3n) is 3.78. The van der Waals surface area contributed by atoms with Crippen molar-refractivity contribution in [3.63, 3.8) is 0 Å². The minimum atomic E-state index is -0.432. The molecule has 0 spiro atoms. The Bertz CT molecular complexity index is 657. The highest BCUT2D eigenvalue weighted by Crippen LogP contribution is 2.17. The van der Waals surface area contributed by atoms with Crippen molar-refractivity contribution in [2.24, 2.45) is 0 Å². The Morgan fingerprint density at radius 2 is 2.38 bits per heavy atom. The normalized spacial score (nSPS) is 22.6. The molecular formula is C14H17BrN4O2. The van der Waals surface area contributed by atoms with Crippen LogP contribution in [0.1, 0.15) is 19.3 Å². The molecule has 0 amide bonds. The van der Waals surface area contributed by atoms with Crippen molar-refractivity contribution in [1.82, 2.24) is 19.9 Å². The van der Waals surface area contributed by atoms with Crippen LogP contribution in [-0.2, 0) is 11.3 Å². The third kappa shape index (κ3) is 3.30. The Labute approximate surface area is 130 Å². The summed E-state index contributed by atoms with van der Waals surface area (Å²) in [7, 11) is 0. The lowest BCUT2D eigenvalue weighted by molar-refractivity contribution is -0.121. The zero-order valence-corrected chi connectivity index (χ0v) is 13.1. The molecule has 1 saturated heterocycles. The number of imidazole rings is 1. The summed E-state index contributed by atoms with van der Waals surface area (Å²) < 4.78 is 2.65. The lowest BCUT2D eigenvalue weighted by Crippen LogP contribution is -2.46. The number of hydrogen-bond donors (Lipinski definition) is 2. The standard InChI is InChI=1S/C14H17BrN4O2/c15-9-4-12-14(17-6-9)18-8-19(12)7-10(20)5-11-13(21)2-1-3-16-11/h4,6,8,11,13,16,21H,1-3,5,7H2/t11-,13+/m1/s1. The summed E-state index contributed by atoms with van der Waals surface area (Å²) >= 11 is 3.37. The number of nitrogens with one attached hydrogen (secondary N) is 1. The highest BCUT2D eigenvalue weighted by atomic mass is 79.9. The van der Waals surface area contributed by atoms with E-state index in [-0.39, 0.29) is 18.4 Å². The molecule has 0 bridgehead atoms. The molecule has 2 aromatic rings. The molecule has 6 nitrogen and oxygen atoms in total. The quantitative estimate of drug-likeness (QED) is 0.865. The largest absolute Gasteiger partial charge is 0.391 e. The second-order valence-electron chi connectivity index (χ2n) is 5.38. The van der Waals surface area contributed by atoms with Gasteiger partial charge in [0.15, 0.2) is 11.4 Å². The number of piperidine rings is 1. The van der Waals surface area contributed by atoms with Crippen LogP contribution in [0, 0.1) is 0 Å². The molecule has 0 aromatic carbocycles. The second kappa shape index (κ2) is 6.21. The van der Waals surface area contributed by atoms with E-state index in [4.69, 9.17) is 0 Å². The number of carbonyl (C=O) groups is 1. The summed E-state index contributed by atoms with van der Waals surface area (Å²) in [5, 5.41) is 13.1. The monoisotopic (exact) mass is 352 g/mol. The van der Waals surface area contributed by atoms with Gasteiger partial charge in [0.1, 0.15) is 0 Å². The smallest absolute Gasteiger partial charge is 0.177 e. The van der Waals surface area contributed by atoms with Crippen molar-refractivity contribution < 1.29 is 9.90 Å². The maximum atomic E-state index is 12.2. The fraction of sp³-hybridized carbons (Fsp3) is 0.500. The number of aliphatic hydroxyl groups excluding tert-OH is 1. The molecule has 0 unspecified atom stereocenters. The van der Waals surface area contributed by atoms with Gasteiger partial charge in [-0.1, -0.05) is 0 Å². The number of carbonyl (C=O) groups excluding carboxylic acids is 1. The fourth-order valence-electron chi connectivity index (χ4n) is 2.69. The molecule has 0 radical (unpaired) electrons. The van der Waals surface area contributed by atoms with Crippen molar-refractivity contribution in [1.29, 1.82) is 0 Å². The first-order valence-electron chi connectivity index (χ1n) is 7.03. The Hall–Kier alpha value is -1.31. The van der Waals surface area contributed by atoms with Gasteiger partial charge in [0.2, 0.25) is 0 Å². The van der Waals surface area contributed by atoms with E-state index in [0.29, 0.717) is 12.1 Å². The number of ketones is 1. The second-order valence-corrected chi connectivity index (χ2v) is 6.30. The van der Waals surface area contributed by atoms with Gasteiger partial charge >= 0.3 is 0 Å². The molecule has 2 atom stereocenters. The first kappa shape index (κ1) is 14.6. The Morgan fingerprint density at radius 1 is 1.52 bits per heavy atom. The van der Waals surface area contributed by atoms with Crippen LogP contribution in [0.25, 0.3) is 11.2 Å². The molecule has 2 aromatic heterocycles. The molecule has 1 aliphatic rings. The van der Waals surface area contributed by atoms with Crippen molar-refractivity contribution in [2.75, 3.05) is 6.54 Å². The maximum Gasteiger partial charge on any atom is 0.177 e. The number of nitrogens with zero attached hydrogens (tertiary/aromatic N) is 3. The molecule has 2 N–H and O–H groups in total. The van der Waals surface area contributed by atoms with E-state index in [1.807, 2.05) is 6.07 Å². The van der Waals surface area contributed by atoms with Crippen molar-refractivity contribution in [3.05, 3.63) is 23.1 Å². The van der Waals surface area contributed by atoms with Gasteiger partial charge in [0, 0.05) is 23.1 Å². The highest BCUT2D eigenvalue weighted by Gasteiger charge is 2.24. The molecular weight excluding hydrogens is 336 g/mol. The van der Waals surface area contributed by atoms with Gasteiger partial charge in [-0.25, -0.2) is 9.97 Å². The summed E-state index contributed by atoms with van der Waals surface area (Å²) in [6.45, 7) is 1.11. The molecule has 7 heteroatoms. The van der Waals surface area contributed by atoms with Crippen LogP contribution in [0.3, 0.4) is 0 Å². The fourth-order valence-corrected chi connectivity index (χ4v) is 3.01. The molecule has 21 heavy (non-hydrogen) atoms. The van der Waals surface area contributed by atoms with Gasteiger partial charge in [-0.3, -0.25) is 4.79 Å². The predicted molar refractivity (Wildman–Crippen MR) is 81.9 cm³/mol. The molecule has 0 aliphatic carbocycles. The summed E-state index contributed by atoms with van der Waals surface area (Å²) in [6.07, 6.45) is 4.94. The summed E-state index contributed by atoms with van der Waals surface area (Å²) in [4.78, 5) is 20.6. The number of pyridine rings is 1. The van der Waals surface area contributed by atoms with Gasteiger partial charge in [-0.2, -0.15) is 0 Å². The molecule has 112 valence electrons. The van der Waals surface area contributed by atoms with Gasteiger partial charge in [-0.05, 0) is 41.4 Å². The average Bonchev–Trinajstić information content (AvgIpc) is 2.84. The lowest BCUT2D eigenvalue weighted by Gasteiger charge is -2.28. The Morgan fingerprint density at radius 3 is 3.19 bits per heavy atom. The number of halogens is 1. The van der Waals surface area contributed by atoms with Gasteiger partial charge in [-0.15, -0.1) is 0 Å². The zero-order valence-electron chi connectivity index (χ0n) is 11.5. The van der Waals surface area contributed by atoms with Gasteiger partial charge < -0.3 is 15.0 Å². The number of hydrogen-bond acceptors (Lipinski definition) is 5. The van der Waals surface area contributed by atoms with Crippen molar-refractivity contribution in [3.8, 4) is 0 Å². The lowest BCUT2D eigenvalue weighted by atomic mass is 9.97. The van der Waals surface area contributed by atoms with E-state index in [9.17, 15) is 9.90 Å². The number of aromatic nitrogens is 3. The zero-order chi connectivity index (χ0) is 14.8.